The second kappa shape index (κ2) is 13.8. The summed E-state index contributed by atoms with van der Waals surface area (Å²) >= 11 is 0. The number of rotatable bonds is 14. The maximum absolute atomic E-state index is 15.0. The summed E-state index contributed by atoms with van der Waals surface area (Å²) in [6, 6.07) is 14.0. The van der Waals surface area contributed by atoms with Crippen LogP contribution >= 0.6 is 0 Å². The van der Waals surface area contributed by atoms with E-state index >= 15 is 4.39 Å². The van der Waals surface area contributed by atoms with Crippen LogP contribution in [0.15, 0.2) is 48.5 Å². The van der Waals surface area contributed by atoms with Crippen LogP contribution < -0.4 is 9.47 Å². The molecule has 0 aliphatic heterocycles. The minimum Gasteiger partial charge on any atom is -0.494 e. The number of ether oxygens (including phenoxy) is 2. The lowest BCUT2D eigenvalue weighted by Gasteiger charge is -2.11. The van der Waals surface area contributed by atoms with Crippen molar-refractivity contribution in [3.8, 4) is 22.6 Å². The molecule has 0 aliphatic carbocycles. The molecule has 0 unspecified atom stereocenters. The van der Waals surface area contributed by atoms with Gasteiger partial charge in [-0.25, -0.2) is 8.78 Å². The molecule has 0 N–H and O–H groups in total. The number of carbonyl (C=O) groups is 1. The van der Waals surface area contributed by atoms with Crippen LogP contribution in [0.1, 0.15) is 78.1 Å². The SMILES string of the molecule is CCCCCCCC(=O)Oc1c(F)cc2cc(-c3ccc(OCCCCCC)cc3)ccc2c1F. The van der Waals surface area contributed by atoms with Crippen molar-refractivity contribution in [1.29, 1.82) is 0 Å². The van der Waals surface area contributed by atoms with E-state index < -0.39 is 23.4 Å². The molecule has 0 spiro atoms. The van der Waals surface area contributed by atoms with E-state index in [2.05, 4.69) is 13.8 Å². The lowest BCUT2D eigenvalue weighted by Crippen LogP contribution is -2.10. The number of hydrogen-bond donors (Lipinski definition) is 0. The van der Waals surface area contributed by atoms with Crippen molar-refractivity contribution in [2.75, 3.05) is 6.61 Å². The Labute approximate surface area is 207 Å². The van der Waals surface area contributed by atoms with E-state index in [-0.39, 0.29) is 11.8 Å². The zero-order chi connectivity index (χ0) is 25.0. The molecule has 188 valence electrons. The average molecular weight is 483 g/mol. The Kier molecular flexibility index (Phi) is 10.5. The molecule has 3 nitrogen and oxygen atoms in total. The smallest absolute Gasteiger partial charge is 0.311 e. The number of hydrogen-bond acceptors (Lipinski definition) is 3. The van der Waals surface area contributed by atoms with E-state index in [0.717, 1.165) is 49.0 Å². The molecule has 3 aromatic carbocycles. The van der Waals surface area contributed by atoms with Crippen LogP contribution in [0, 0.1) is 11.6 Å². The summed E-state index contributed by atoms with van der Waals surface area (Å²) < 4.78 is 40.6. The van der Waals surface area contributed by atoms with Crippen LogP contribution in [0.3, 0.4) is 0 Å². The molecule has 0 aliphatic rings. The monoisotopic (exact) mass is 482 g/mol. The number of carbonyl (C=O) groups excluding carboxylic acids is 1. The molecule has 0 bridgehead atoms. The first-order valence-corrected chi connectivity index (χ1v) is 12.9. The first-order valence-electron chi connectivity index (χ1n) is 12.9. The first-order chi connectivity index (χ1) is 17.0. The number of esters is 1. The highest BCUT2D eigenvalue weighted by atomic mass is 19.1. The minimum atomic E-state index is -0.877. The van der Waals surface area contributed by atoms with Crippen molar-refractivity contribution < 1.29 is 23.0 Å². The largest absolute Gasteiger partial charge is 0.494 e. The van der Waals surface area contributed by atoms with Crippen LogP contribution in [-0.4, -0.2) is 12.6 Å². The quantitative estimate of drug-likeness (QED) is 0.131. The van der Waals surface area contributed by atoms with E-state index in [1.54, 1.807) is 18.2 Å². The van der Waals surface area contributed by atoms with E-state index in [4.69, 9.17) is 9.47 Å². The normalized spacial score (nSPS) is 11.1. The predicted molar refractivity (Wildman–Crippen MR) is 138 cm³/mol. The lowest BCUT2D eigenvalue weighted by atomic mass is 10.0. The van der Waals surface area contributed by atoms with Crippen LogP contribution in [0.25, 0.3) is 21.9 Å². The van der Waals surface area contributed by atoms with E-state index in [1.165, 1.54) is 25.3 Å². The Hall–Kier alpha value is -2.95. The fourth-order valence-electron chi connectivity index (χ4n) is 4.08. The van der Waals surface area contributed by atoms with Gasteiger partial charge in [0.15, 0.2) is 11.6 Å². The van der Waals surface area contributed by atoms with Crippen LogP contribution in [0.4, 0.5) is 8.78 Å². The molecule has 0 amide bonds. The molecule has 35 heavy (non-hydrogen) atoms. The molecular formula is C30H36F2O3. The molecule has 0 fully saturated rings. The van der Waals surface area contributed by atoms with Crippen molar-refractivity contribution in [1.82, 2.24) is 0 Å². The van der Waals surface area contributed by atoms with Crippen molar-refractivity contribution in [2.45, 2.75) is 78.1 Å². The zero-order valence-electron chi connectivity index (χ0n) is 20.9. The second-order valence-corrected chi connectivity index (χ2v) is 9.01. The fraction of sp³-hybridized carbons (Fsp3) is 0.433. The topological polar surface area (TPSA) is 35.5 Å². The third-order valence-corrected chi connectivity index (χ3v) is 6.14. The Morgan fingerprint density at radius 1 is 0.771 bits per heavy atom. The third-order valence-electron chi connectivity index (χ3n) is 6.14. The lowest BCUT2D eigenvalue weighted by molar-refractivity contribution is -0.134. The predicted octanol–water partition coefficient (Wildman–Crippen LogP) is 9.01. The molecule has 0 aromatic heterocycles. The van der Waals surface area contributed by atoms with Gasteiger partial charge in [0.2, 0.25) is 5.75 Å². The summed E-state index contributed by atoms with van der Waals surface area (Å²) in [5.74, 6) is -2.15. The molecule has 3 aromatic rings. The van der Waals surface area contributed by atoms with Crippen LogP contribution in [0.5, 0.6) is 11.5 Å². The number of benzene rings is 3. The van der Waals surface area contributed by atoms with Gasteiger partial charge in [0.25, 0.3) is 0 Å². The van der Waals surface area contributed by atoms with Gasteiger partial charge in [-0.05, 0) is 53.6 Å². The van der Waals surface area contributed by atoms with Gasteiger partial charge in [-0.15, -0.1) is 0 Å². The molecule has 0 heterocycles. The van der Waals surface area contributed by atoms with E-state index in [1.807, 2.05) is 24.3 Å². The summed E-state index contributed by atoms with van der Waals surface area (Å²) in [4.78, 5) is 12.1. The summed E-state index contributed by atoms with van der Waals surface area (Å²) in [5.41, 5.74) is 1.76. The van der Waals surface area contributed by atoms with Crippen molar-refractivity contribution in [2.24, 2.45) is 0 Å². The van der Waals surface area contributed by atoms with Gasteiger partial charge >= 0.3 is 5.97 Å². The minimum absolute atomic E-state index is 0.151. The zero-order valence-corrected chi connectivity index (χ0v) is 20.9. The molecule has 5 heteroatoms. The second-order valence-electron chi connectivity index (χ2n) is 9.01. The van der Waals surface area contributed by atoms with Gasteiger partial charge in [0.1, 0.15) is 5.75 Å². The number of fused-ring (bicyclic) bond motifs is 1. The van der Waals surface area contributed by atoms with Gasteiger partial charge in [0.05, 0.1) is 6.61 Å². The summed E-state index contributed by atoms with van der Waals surface area (Å²) in [7, 11) is 0. The van der Waals surface area contributed by atoms with Crippen molar-refractivity contribution >= 4 is 16.7 Å². The van der Waals surface area contributed by atoms with Crippen LogP contribution in [0.2, 0.25) is 0 Å². The van der Waals surface area contributed by atoms with Gasteiger partial charge in [0, 0.05) is 11.8 Å². The molecule has 0 saturated carbocycles. The van der Waals surface area contributed by atoms with Gasteiger partial charge in [-0.3, -0.25) is 4.79 Å². The first kappa shape index (κ1) is 26.7. The Balaban J connectivity index is 1.66. The Morgan fingerprint density at radius 3 is 2.14 bits per heavy atom. The molecule has 0 radical (unpaired) electrons. The summed E-state index contributed by atoms with van der Waals surface area (Å²) in [6.45, 7) is 4.99. The maximum atomic E-state index is 15.0. The molecular weight excluding hydrogens is 446 g/mol. The highest BCUT2D eigenvalue weighted by Gasteiger charge is 2.19. The van der Waals surface area contributed by atoms with Gasteiger partial charge in [-0.2, -0.15) is 0 Å². The van der Waals surface area contributed by atoms with E-state index in [9.17, 15) is 9.18 Å². The van der Waals surface area contributed by atoms with Crippen molar-refractivity contribution in [3.05, 3.63) is 60.2 Å². The molecule has 0 atom stereocenters. The Morgan fingerprint density at radius 2 is 1.43 bits per heavy atom. The van der Waals surface area contributed by atoms with Crippen molar-refractivity contribution in [3.63, 3.8) is 0 Å². The highest BCUT2D eigenvalue weighted by molar-refractivity contribution is 5.89. The third kappa shape index (κ3) is 7.78. The molecule has 3 rings (SSSR count). The van der Waals surface area contributed by atoms with Gasteiger partial charge < -0.3 is 9.47 Å². The highest BCUT2D eigenvalue weighted by Crippen LogP contribution is 2.33. The summed E-state index contributed by atoms with van der Waals surface area (Å²) in [5, 5.41) is 0.626. The van der Waals surface area contributed by atoms with Gasteiger partial charge in [-0.1, -0.05) is 83.1 Å². The number of halogens is 2. The number of unbranched alkanes of at least 4 members (excludes halogenated alkanes) is 7. The molecule has 0 saturated heterocycles. The van der Waals surface area contributed by atoms with Crippen LogP contribution in [-0.2, 0) is 4.79 Å². The maximum Gasteiger partial charge on any atom is 0.311 e. The van der Waals surface area contributed by atoms with E-state index in [0.29, 0.717) is 18.4 Å². The summed E-state index contributed by atoms with van der Waals surface area (Å²) in [6.07, 6.45) is 9.58. The average Bonchev–Trinajstić information content (AvgIpc) is 2.86. The standard InChI is InChI=1S/C30H36F2O3/c1-3-5-7-9-10-12-28(33)35-30-27(31)21-24-20-23(15-18-26(24)29(30)32)22-13-16-25(17-14-22)34-19-11-8-6-4-2/h13-18,20-21H,3-12,19H2,1-2H3. The fourth-order valence-corrected chi connectivity index (χ4v) is 4.08. The Bertz CT molecular complexity index is 1090.